The van der Waals surface area contributed by atoms with E-state index in [1.54, 1.807) is 0 Å². The maximum Gasteiger partial charge on any atom is 0.0840 e. The van der Waals surface area contributed by atoms with Crippen molar-refractivity contribution < 1.29 is 9.47 Å². The molecular formula is C22H38O2. The van der Waals surface area contributed by atoms with E-state index >= 15 is 0 Å². The first-order valence-corrected chi connectivity index (χ1v) is 10.4. The van der Waals surface area contributed by atoms with Crippen LogP contribution in [0.15, 0.2) is 0 Å². The van der Waals surface area contributed by atoms with Crippen LogP contribution in [-0.4, -0.2) is 25.9 Å². The van der Waals surface area contributed by atoms with Gasteiger partial charge in [0.05, 0.1) is 18.8 Å². The summed E-state index contributed by atoms with van der Waals surface area (Å²) in [6, 6.07) is 0. The zero-order chi connectivity index (χ0) is 17.3. The predicted octanol–water partition coefficient (Wildman–Crippen LogP) is 5.31. The van der Waals surface area contributed by atoms with Crippen molar-refractivity contribution in [1.82, 2.24) is 0 Å². The maximum atomic E-state index is 6.62. The molecule has 2 nitrogen and oxygen atoms in total. The Balaban J connectivity index is 1.44. The molecule has 0 saturated heterocycles. The van der Waals surface area contributed by atoms with Crippen LogP contribution in [0.25, 0.3) is 0 Å². The highest BCUT2D eigenvalue weighted by molar-refractivity contribution is 5.11. The van der Waals surface area contributed by atoms with Gasteiger partial charge in [-0.3, -0.25) is 0 Å². The van der Waals surface area contributed by atoms with Crippen molar-refractivity contribution in [2.24, 2.45) is 39.9 Å². The summed E-state index contributed by atoms with van der Waals surface area (Å²) < 4.78 is 12.6. The van der Waals surface area contributed by atoms with Gasteiger partial charge in [0.15, 0.2) is 0 Å². The molecule has 0 N–H and O–H groups in total. The highest BCUT2D eigenvalue weighted by Gasteiger charge is 2.62. The second-order valence-electron chi connectivity index (χ2n) is 10.8. The van der Waals surface area contributed by atoms with Gasteiger partial charge < -0.3 is 9.47 Å². The van der Waals surface area contributed by atoms with Crippen molar-refractivity contribution in [2.75, 3.05) is 13.7 Å². The van der Waals surface area contributed by atoms with Crippen LogP contribution in [0, 0.1) is 39.9 Å². The molecule has 7 atom stereocenters. The Bertz CT molecular complexity index is 496. The molecule has 4 aliphatic carbocycles. The van der Waals surface area contributed by atoms with Gasteiger partial charge in [0.25, 0.3) is 0 Å². The van der Waals surface area contributed by atoms with E-state index in [1.807, 2.05) is 7.11 Å². The molecule has 0 amide bonds. The third kappa shape index (κ3) is 2.14. The van der Waals surface area contributed by atoms with Crippen LogP contribution in [0.5, 0.6) is 0 Å². The Kier molecular flexibility index (Phi) is 3.94. The summed E-state index contributed by atoms with van der Waals surface area (Å²) in [5, 5.41) is 0. The molecule has 0 spiro atoms. The second kappa shape index (κ2) is 5.46. The summed E-state index contributed by atoms with van der Waals surface area (Å²) >= 11 is 0. The van der Waals surface area contributed by atoms with Crippen LogP contribution in [-0.2, 0) is 9.47 Å². The molecular weight excluding hydrogens is 296 g/mol. The number of fused-ring (bicyclic) bond motifs is 4. The van der Waals surface area contributed by atoms with Gasteiger partial charge in [-0.05, 0) is 78.4 Å². The Hall–Kier alpha value is -0.0800. The average molecular weight is 335 g/mol. The minimum Gasteiger partial charge on any atom is -0.379 e. The van der Waals surface area contributed by atoms with Crippen LogP contribution < -0.4 is 0 Å². The van der Waals surface area contributed by atoms with Gasteiger partial charge in [-0.25, -0.2) is 0 Å². The lowest BCUT2D eigenvalue weighted by Gasteiger charge is -2.43. The number of rotatable bonds is 5. The SMILES string of the molecule is COC(COC1CC2CCC1(C)C2(C)C)C1C2CCC(C2)C1(C)C. The molecule has 0 heterocycles. The van der Waals surface area contributed by atoms with Gasteiger partial charge in [0.2, 0.25) is 0 Å². The zero-order valence-corrected chi connectivity index (χ0v) is 16.7. The minimum atomic E-state index is 0.279. The van der Waals surface area contributed by atoms with Crippen LogP contribution >= 0.6 is 0 Å². The van der Waals surface area contributed by atoms with E-state index in [1.165, 1.54) is 38.5 Å². The largest absolute Gasteiger partial charge is 0.379 e. The van der Waals surface area contributed by atoms with Gasteiger partial charge in [0, 0.05) is 7.11 Å². The standard InChI is InChI=1S/C22H38O2/c1-20(2)15-8-7-14(11-15)19(20)17(23-6)13-24-18-12-16-9-10-22(18,5)21(16,3)4/h14-19H,7-13H2,1-6H3. The van der Waals surface area contributed by atoms with Crippen molar-refractivity contribution in [1.29, 1.82) is 0 Å². The predicted molar refractivity (Wildman–Crippen MR) is 97.9 cm³/mol. The van der Waals surface area contributed by atoms with Crippen LogP contribution in [0.3, 0.4) is 0 Å². The van der Waals surface area contributed by atoms with E-state index in [9.17, 15) is 0 Å². The first-order chi connectivity index (χ1) is 11.2. The summed E-state index contributed by atoms with van der Waals surface area (Å²) in [4.78, 5) is 0. The Morgan fingerprint density at radius 1 is 0.958 bits per heavy atom. The van der Waals surface area contributed by atoms with Gasteiger partial charge >= 0.3 is 0 Å². The second-order valence-corrected chi connectivity index (χ2v) is 10.8. The number of methoxy groups -OCH3 is 1. The normalized spacial score (nSPS) is 49.0. The number of ether oxygens (including phenoxy) is 2. The molecule has 4 rings (SSSR count). The van der Waals surface area contributed by atoms with Crippen molar-refractivity contribution >= 4 is 0 Å². The molecule has 24 heavy (non-hydrogen) atoms. The van der Waals surface area contributed by atoms with Crippen molar-refractivity contribution in [3.63, 3.8) is 0 Å². The fourth-order valence-corrected chi connectivity index (χ4v) is 7.59. The van der Waals surface area contributed by atoms with Gasteiger partial charge in [-0.2, -0.15) is 0 Å². The lowest BCUT2D eigenvalue weighted by Crippen LogP contribution is -2.44. The summed E-state index contributed by atoms with van der Waals surface area (Å²) in [6.07, 6.45) is 8.99. The molecule has 4 aliphatic rings. The van der Waals surface area contributed by atoms with Crippen LogP contribution in [0.2, 0.25) is 0 Å². The first kappa shape index (κ1) is 17.3. The summed E-state index contributed by atoms with van der Waals surface area (Å²) in [6.45, 7) is 13.2. The average Bonchev–Trinajstić information content (AvgIpc) is 3.19. The Labute approximate surface area is 149 Å². The van der Waals surface area contributed by atoms with Gasteiger partial charge in [0.1, 0.15) is 0 Å². The monoisotopic (exact) mass is 334 g/mol. The molecule has 0 aliphatic heterocycles. The van der Waals surface area contributed by atoms with Crippen molar-refractivity contribution in [2.45, 2.75) is 85.4 Å². The first-order valence-electron chi connectivity index (χ1n) is 10.4. The van der Waals surface area contributed by atoms with Crippen LogP contribution in [0.1, 0.15) is 73.1 Å². The lowest BCUT2D eigenvalue weighted by atomic mass is 9.66. The topological polar surface area (TPSA) is 18.5 Å². The molecule has 138 valence electrons. The number of hydrogen-bond donors (Lipinski definition) is 0. The van der Waals surface area contributed by atoms with E-state index in [0.717, 1.165) is 24.4 Å². The summed E-state index contributed by atoms with van der Waals surface area (Å²) in [5.41, 5.74) is 1.22. The highest BCUT2D eigenvalue weighted by Crippen LogP contribution is 2.66. The van der Waals surface area contributed by atoms with Gasteiger partial charge in [-0.15, -0.1) is 0 Å². The van der Waals surface area contributed by atoms with E-state index in [2.05, 4.69) is 34.6 Å². The molecule has 0 aromatic carbocycles. The molecule has 0 aromatic heterocycles. The fraction of sp³-hybridized carbons (Fsp3) is 1.00. The van der Waals surface area contributed by atoms with Crippen molar-refractivity contribution in [3.8, 4) is 0 Å². The molecule has 0 aromatic rings. The molecule has 4 saturated carbocycles. The van der Waals surface area contributed by atoms with Crippen molar-refractivity contribution in [3.05, 3.63) is 0 Å². The summed E-state index contributed by atoms with van der Waals surface area (Å²) in [5.74, 6) is 3.31. The summed E-state index contributed by atoms with van der Waals surface area (Å²) in [7, 11) is 1.91. The van der Waals surface area contributed by atoms with E-state index in [-0.39, 0.29) is 6.10 Å². The molecule has 0 radical (unpaired) electrons. The molecule has 7 unspecified atom stereocenters. The third-order valence-corrected chi connectivity index (χ3v) is 9.77. The Morgan fingerprint density at radius 3 is 2.21 bits per heavy atom. The third-order valence-electron chi connectivity index (χ3n) is 9.77. The van der Waals surface area contributed by atoms with E-state index in [4.69, 9.17) is 9.47 Å². The highest BCUT2D eigenvalue weighted by atomic mass is 16.5. The minimum absolute atomic E-state index is 0.279. The molecule has 4 bridgehead atoms. The van der Waals surface area contributed by atoms with Crippen LogP contribution in [0.4, 0.5) is 0 Å². The lowest BCUT2D eigenvalue weighted by molar-refractivity contribution is -0.116. The fourth-order valence-electron chi connectivity index (χ4n) is 7.59. The zero-order valence-electron chi connectivity index (χ0n) is 16.7. The van der Waals surface area contributed by atoms with Gasteiger partial charge in [-0.1, -0.05) is 34.6 Å². The van der Waals surface area contributed by atoms with E-state index < -0.39 is 0 Å². The maximum absolute atomic E-state index is 6.62. The molecule has 4 fully saturated rings. The quantitative estimate of drug-likeness (QED) is 0.679. The smallest absolute Gasteiger partial charge is 0.0840 e. The Morgan fingerprint density at radius 2 is 1.71 bits per heavy atom. The molecule has 2 heteroatoms. The van der Waals surface area contributed by atoms with E-state index in [0.29, 0.717) is 28.3 Å². The number of hydrogen-bond acceptors (Lipinski definition) is 2.